The third kappa shape index (κ3) is 2.91. The summed E-state index contributed by atoms with van der Waals surface area (Å²) in [5, 5.41) is 2.63. The number of carbonyl (C=O) groups is 1. The van der Waals surface area contributed by atoms with Gasteiger partial charge < -0.3 is 0 Å². The van der Waals surface area contributed by atoms with Crippen molar-refractivity contribution in [3.05, 3.63) is 36.4 Å². The van der Waals surface area contributed by atoms with E-state index in [-0.39, 0.29) is 12.7 Å². The Hall–Kier alpha value is -1.78. The first-order valence-corrected chi connectivity index (χ1v) is 6.09. The number of ether oxygens (including phenoxy) is 2. The molecular formula is C12H11N2O3Se. The van der Waals surface area contributed by atoms with Gasteiger partial charge >= 0.3 is 112 Å². The Kier molecular flexibility index (Phi) is 4.02. The van der Waals surface area contributed by atoms with Crippen LogP contribution in [-0.4, -0.2) is 40.0 Å². The van der Waals surface area contributed by atoms with Crippen molar-refractivity contribution < 1.29 is 14.3 Å². The average Bonchev–Trinajstić information content (AvgIpc) is 2.83. The number of rotatable bonds is 3. The second kappa shape index (κ2) is 5.71. The zero-order valence-corrected chi connectivity index (χ0v) is 11.2. The molecule has 0 fully saturated rings. The van der Waals surface area contributed by atoms with Gasteiger partial charge in [0.1, 0.15) is 0 Å². The van der Waals surface area contributed by atoms with E-state index >= 15 is 0 Å². The summed E-state index contributed by atoms with van der Waals surface area (Å²) in [6.45, 7) is 4.18. The first kappa shape index (κ1) is 12.7. The van der Waals surface area contributed by atoms with E-state index in [1.165, 1.54) is 0 Å². The van der Waals surface area contributed by atoms with Crippen LogP contribution in [0.25, 0.3) is 0 Å². The normalized spacial score (nSPS) is 13.2. The topological polar surface area (TPSA) is 59.9 Å². The molecule has 0 spiro atoms. The SMILES string of the molecule is C=CCN=C([Se])NC(=O)c1ccc2c(c1)OCO2. The van der Waals surface area contributed by atoms with Crippen molar-refractivity contribution in [1.29, 1.82) is 0 Å². The van der Waals surface area contributed by atoms with E-state index in [0.717, 1.165) is 0 Å². The number of fused-ring (bicyclic) bond motifs is 1. The van der Waals surface area contributed by atoms with Gasteiger partial charge in [-0.3, -0.25) is 0 Å². The molecule has 18 heavy (non-hydrogen) atoms. The van der Waals surface area contributed by atoms with Crippen LogP contribution in [-0.2, 0) is 0 Å². The van der Waals surface area contributed by atoms with Crippen molar-refractivity contribution in [2.45, 2.75) is 0 Å². The predicted molar refractivity (Wildman–Crippen MR) is 68.3 cm³/mol. The molecule has 0 unspecified atom stereocenters. The Balaban J connectivity index is 2.07. The standard InChI is InChI=1S/C12H11N2O3Se/c1-2-5-13-12(18)14-11(15)8-3-4-9-10(6-8)17-7-16-9/h2-4,6H,1,5,7H2,(H,13,14,15). The number of aliphatic imine (C=N–C) groups is 1. The van der Waals surface area contributed by atoms with Crippen molar-refractivity contribution in [3.63, 3.8) is 0 Å². The van der Waals surface area contributed by atoms with Gasteiger partial charge in [-0.1, -0.05) is 0 Å². The van der Waals surface area contributed by atoms with Gasteiger partial charge in [-0.05, 0) is 0 Å². The molecule has 1 N–H and O–H groups in total. The van der Waals surface area contributed by atoms with Crippen LogP contribution in [0.15, 0.2) is 35.8 Å². The minimum absolute atomic E-state index is 0.188. The first-order chi connectivity index (χ1) is 8.70. The molecule has 0 aromatic heterocycles. The van der Waals surface area contributed by atoms with Gasteiger partial charge in [-0.2, -0.15) is 0 Å². The number of benzene rings is 1. The number of amides is 1. The molecule has 0 saturated carbocycles. The first-order valence-electron chi connectivity index (χ1n) is 5.24. The van der Waals surface area contributed by atoms with E-state index in [2.05, 4.69) is 32.9 Å². The van der Waals surface area contributed by atoms with Crippen molar-refractivity contribution in [3.8, 4) is 11.5 Å². The van der Waals surface area contributed by atoms with E-state index in [1.54, 1.807) is 24.3 Å². The minimum atomic E-state index is -0.255. The third-order valence-corrected chi connectivity index (χ3v) is 2.70. The monoisotopic (exact) mass is 311 g/mol. The summed E-state index contributed by atoms with van der Waals surface area (Å²) in [5.41, 5.74) is 0.487. The Bertz CT molecular complexity index is 514. The third-order valence-electron chi connectivity index (χ3n) is 2.22. The Morgan fingerprint density at radius 1 is 1.50 bits per heavy atom. The molecule has 0 bridgehead atoms. The van der Waals surface area contributed by atoms with Gasteiger partial charge in [-0.25, -0.2) is 0 Å². The number of nitrogens with zero attached hydrogens (tertiary/aromatic N) is 1. The van der Waals surface area contributed by atoms with Crippen molar-refractivity contribution >= 4 is 26.7 Å². The number of nitrogens with one attached hydrogen (secondary N) is 1. The zero-order valence-electron chi connectivity index (χ0n) is 9.51. The molecule has 1 aliphatic rings. The summed E-state index contributed by atoms with van der Waals surface area (Å²) >= 11 is 2.68. The summed E-state index contributed by atoms with van der Waals surface area (Å²) in [6.07, 6.45) is 1.64. The molecule has 0 aliphatic carbocycles. The fourth-order valence-corrected chi connectivity index (χ4v) is 1.74. The second-order valence-corrected chi connectivity index (χ2v) is 4.27. The second-order valence-electron chi connectivity index (χ2n) is 3.46. The van der Waals surface area contributed by atoms with Crippen LogP contribution >= 0.6 is 0 Å². The maximum absolute atomic E-state index is 11.9. The van der Waals surface area contributed by atoms with Crippen LogP contribution in [0, 0.1) is 0 Å². The molecule has 1 amide bonds. The van der Waals surface area contributed by atoms with E-state index in [1.807, 2.05) is 0 Å². The fraction of sp³-hybridized carbons (Fsp3) is 0.167. The molecule has 1 heterocycles. The molecule has 0 saturated heterocycles. The summed E-state index contributed by atoms with van der Waals surface area (Å²) < 4.78 is 10.8. The summed E-state index contributed by atoms with van der Waals surface area (Å²) in [4.78, 5) is 15.9. The van der Waals surface area contributed by atoms with E-state index in [9.17, 15) is 4.79 Å². The van der Waals surface area contributed by atoms with Crippen LogP contribution < -0.4 is 14.8 Å². The molecule has 2 rings (SSSR count). The molecule has 1 radical (unpaired) electrons. The molecule has 93 valence electrons. The Labute approximate surface area is 113 Å². The fourth-order valence-electron chi connectivity index (χ4n) is 1.39. The number of hydrogen-bond donors (Lipinski definition) is 1. The zero-order chi connectivity index (χ0) is 13.0. The number of amidine groups is 1. The summed E-state index contributed by atoms with van der Waals surface area (Å²) in [6, 6.07) is 5.01. The molecule has 0 atom stereocenters. The number of carbonyl (C=O) groups excluding carboxylic acids is 1. The quantitative estimate of drug-likeness (QED) is 0.390. The molecule has 1 aromatic rings. The van der Waals surface area contributed by atoms with Gasteiger partial charge in [-0.15, -0.1) is 0 Å². The van der Waals surface area contributed by atoms with E-state index < -0.39 is 0 Å². The van der Waals surface area contributed by atoms with Gasteiger partial charge in [0, 0.05) is 0 Å². The number of hydrogen-bond acceptors (Lipinski definition) is 4. The Morgan fingerprint density at radius 2 is 2.28 bits per heavy atom. The van der Waals surface area contributed by atoms with E-state index in [4.69, 9.17) is 9.47 Å². The summed E-state index contributed by atoms with van der Waals surface area (Å²) in [5.74, 6) is 0.970. The van der Waals surface area contributed by atoms with Crippen LogP contribution in [0.3, 0.4) is 0 Å². The predicted octanol–water partition coefficient (Wildman–Crippen LogP) is 0.856. The molecule has 6 heteroatoms. The average molecular weight is 310 g/mol. The molecule has 1 aromatic carbocycles. The van der Waals surface area contributed by atoms with Crippen LogP contribution in [0.2, 0.25) is 0 Å². The van der Waals surface area contributed by atoms with Gasteiger partial charge in [0.05, 0.1) is 0 Å². The van der Waals surface area contributed by atoms with Crippen molar-refractivity contribution in [2.75, 3.05) is 13.3 Å². The van der Waals surface area contributed by atoms with Gasteiger partial charge in [0.15, 0.2) is 0 Å². The van der Waals surface area contributed by atoms with Crippen molar-refractivity contribution in [1.82, 2.24) is 5.32 Å². The van der Waals surface area contributed by atoms with Crippen LogP contribution in [0.5, 0.6) is 11.5 Å². The molecule has 5 nitrogen and oxygen atoms in total. The van der Waals surface area contributed by atoms with E-state index in [0.29, 0.717) is 28.3 Å². The van der Waals surface area contributed by atoms with Gasteiger partial charge in [0.2, 0.25) is 0 Å². The maximum atomic E-state index is 11.9. The summed E-state index contributed by atoms with van der Waals surface area (Å²) in [7, 11) is 0. The molecular weight excluding hydrogens is 299 g/mol. The van der Waals surface area contributed by atoms with Crippen LogP contribution in [0.4, 0.5) is 0 Å². The van der Waals surface area contributed by atoms with Crippen molar-refractivity contribution in [2.24, 2.45) is 4.99 Å². The van der Waals surface area contributed by atoms with Crippen LogP contribution in [0.1, 0.15) is 10.4 Å². The van der Waals surface area contributed by atoms with Gasteiger partial charge in [0.25, 0.3) is 0 Å². The molecule has 1 aliphatic heterocycles. The Morgan fingerprint density at radius 3 is 3.06 bits per heavy atom.